The Hall–Kier alpha value is -1.53. The molecule has 33 heavy (non-hydrogen) atoms. The van der Waals surface area contributed by atoms with Gasteiger partial charge in [0.1, 0.15) is 11.9 Å². The summed E-state index contributed by atoms with van der Waals surface area (Å²) in [5.74, 6) is 0.0511. The highest BCUT2D eigenvalue weighted by molar-refractivity contribution is 7.09. The van der Waals surface area contributed by atoms with E-state index in [0.29, 0.717) is 5.92 Å². The molecule has 0 aliphatic carbocycles. The Morgan fingerprint density at radius 2 is 1.79 bits per heavy atom. The number of carbonyl (C=O) groups is 2. The topological polar surface area (TPSA) is 76.5 Å². The van der Waals surface area contributed by atoms with E-state index in [0.717, 1.165) is 54.8 Å². The number of ether oxygens (including phenoxy) is 1. The van der Waals surface area contributed by atoms with Gasteiger partial charge in [-0.25, -0.2) is 4.98 Å². The number of cyclic esters (lactones) is 1. The lowest BCUT2D eigenvalue weighted by Crippen LogP contribution is -2.44. The van der Waals surface area contributed by atoms with Crippen molar-refractivity contribution in [2.24, 2.45) is 23.2 Å². The first-order chi connectivity index (χ1) is 15.4. The van der Waals surface area contributed by atoms with E-state index in [2.05, 4.69) is 18.8 Å². The van der Waals surface area contributed by atoms with Crippen LogP contribution >= 0.6 is 11.3 Å². The van der Waals surface area contributed by atoms with Gasteiger partial charge in [-0.05, 0) is 50.2 Å². The lowest BCUT2D eigenvalue weighted by Gasteiger charge is -2.35. The Morgan fingerprint density at radius 1 is 1.15 bits per heavy atom. The highest BCUT2D eigenvalue weighted by Gasteiger charge is 2.41. The van der Waals surface area contributed by atoms with E-state index in [4.69, 9.17) is 4.74 Å². The van der Waals surface area contributed by atoms with Crippen molar-refractivity contribution >= 4 is 29.2 Å². The van der Waals surface area contributed by atoms with Gasteiger partial charge >= 0.3 is 5.97 Å². The highest BCUT2D eigenvalue weighted by Crippen LogP contribution is 2.35. The molecule has 186 valence electrons. The number of aliphatic hydroxyl groups excluding tert-OH is 1. The zero-order valence-corrected chi connectivity index (χ0v) is 22.3. The molecule has 5 nitrogen and oxygen atoms in total. The second-order valence-corrected chi connectivity index (χ2v) is 11.6. The number of hydrogen-bond donors (Lipinski definition) is 1. The maximum Gasteiger partial charge on any atom is 0.309 e. The predicted molar refractivity (Wildman–Crippen MR) is 135 cm³/mol. The van der Waals surface area contributed by atoms with Crippen LogP contribution in [0.2, 0.25) is 0 Å². The van der Waals surface area contributed by atoms with Crippen LogP contribution in [0.3, 0.4) is 0 Å². The number of aliphatic hydroxyl groups is 1. The van der Waals surface area contributed by atoms with Crippen molar-refractivity contribution in [2.45, 2.75) is 106 Å². The average molecular weight is 478 g/mol. The average Bonchev–Trinajstić information content (AvgIpc) is 3.16. The number of esters is 1. The molecule has 1 aromatic heterocycles. The van der Waals surface area contributed by atoms with Crippen molar-refractivity contribution in [1.29, 1.82) is 0 Å². The van der Waals surface area contributed by atoms with E-state index in [1.807, 2.05) is 32.2 Å². The molecular weight excluding hydrogens is 434 g/mol. The third kappa shape index (κ3) is 7.74. The summed E-state index contributed by atoms with van der Waals surface area (Å²) in [6, 6.07) is 0. The maximum absolute atomic E-state index is 13.3. The molecule has 1 fully saturated rings. The summed E-state index contributed by atoms with van der Waals surface area (Å²) in [4.78, 5) is 30.6. The summed E-state index contributed by atoms with van der Waals surface area (Å²) < 4.78 is 5.85. The van der Waals surface area contributed by atoms with E-state index in [1.165, 1.54) is 0 Å². The summed E-state index contributed by atoms with van der Waals surface area (Å²) in [5.41, 5.74) is 0.819. The van der Waals surface area contributed by atoms with Crippen LogP contribution in [-0.2, 0) is 14.3 Å². The second-order valence-electron chi connectivity index (χ2n) is 10.6. The minimum absolute atomic E-state index is 0.0146. The number of nitrogens with zero attached hydrogens (tertiary/aromatic N) is 1. The SMILES string of the molecule is C/C(=C\c1csc(C)n1)C1CCCCCC[C@H](C)[C@H](C)[C@@H](C)C(=O)C(C)(C)[C@@H](O)CC(=O)O1. The van der Waals surface area contributed by atoms with E-state index in [-0.39, 0.29) is 30.1 Å². The van der Waals surface area contributed by atoms with Crippen molar-refractivity contribution in [1.82, 2.24) is 4.98 Å². The molecule has 0 amide bonds. The molecule has 1 saturated heterocycles. The summed E-state index contributed by atoms with van der Waals surface area (Å²) in [5, 5.41) is 13.9. The van der Waals surface area contributed by atoms with Crippen LogP contribution in [0.4, 0.5) is 0 Å². The molecule has 1 unspecified atom stereocenters. The number of ketones is 1. The Morgan fingerprint density at radius 3 is 2.39 bits per heavy atom. The van der Waals surface area contributed by atoms with Crippen LogP contribution < -0.4 is 0 Å². The summed E-state index contributed by atoms with van der Waals surface area (Å²) in [6.45, 7) is 13.8. The van der Waals surface area contributed by atoms with Gasteiger partial charge in [0.05, 0.1) is 28.6 Å². The first-order valence-electron chi connectivity index (χ1n) is 12.5. The minimum atomic E-state index is -1.08. The van der Waals surface area contributed by atoms with Crippen LogP contribution in [0.15, 0.2) is 11.0 Å². The van der Waals surface area contributed by atoms with Crippen molar-refractivity contribution in [3.8, 4) is 0 Å². The largest absolute Gasteiger partial charge is 0.458 e. The van der Waals surface area contributed by atoms with Crippen molar-refractivity contribution in [3.63, 3.8) is 0 Å². The molecule has 0 bridgehead atoms. The first kappa shape index (κ1) is 27.7. The van der Waals surface area contributed by atoms with Gasteiger partial charge in [-0.3, -0.25) is 9.59 Å². The fourth-order valence-corrected chi connectivity index (χ4v) is 5.24. The summed E-state index contributed by atoms with van der Waals surface area (Å²) >= 11 is 1.59. The Bertz CT molecular complexity index is 828. The van der Waals surface area contributed by atoms with Crippen LogP contribution in [-0.4, -0.2) is 34.1 Å². The fraction of sp³-hybridized carbons (Fsp3) is 0.741. The van der Waals surface area contributed by atoms with E-state index in [9.17, 15) is 14.7 Å². The third-order valence-corrected chi connectivity index (χ3v) is 8.39. The lowest BCUT2D eigenvalue weighted by atomic mass is 9.70. The van der Waals surface area contributed by atoms with Gasteiger partial charge < -0.3 is 9.84 Å². The van der Waals surface area contributed by atoms with Gasteiger partial charge in [0.15, 0.2) is 0 Å². The fourth-order valence-electron chi connectivity index (χ4n) is 4.67. The van der Waals surface area contributed by atoms with Crippen molar-refractivity contribution in [2.75, 3.05) is 0 Å². The molecule has 2 heterocycles. The number of aryl methyl sites for hydroxylation is 1. The molecule has 5 atom stereocenters. The molecule has 1 aliphatic heterocycles. The normalized spacial score (nSPS) is 31.3. The Balaban J connectivity index is 2.22. The van der Waals surface area contributed by atoms with Crippen molar-refractivity contribution in [3.05, 3.63) is 21.7 Å². The quantitative estimate of drug-likeness (QED) is 0.500. The van der Waals surface area contributed by atoms with E-state index in [1.54, 1.807) is 25.2 Å². The molecule has 1 N–H and O–H groups in total. The van der Waals surface area contributed by atoms with Crippen molar-refractivity contribution < 1.29 is 19.4 Å². The number of rotatable bonds is 2. The summed E-state index contributed by atoms with van der Waals surface area (Å²) in [6.07, 6.45) is 6.55. The number of Topliss-reactive ketones (excluding diaryl/α,β-unsaturated/α-hetero) is 1. The van der Waals surface area contributed by atoms with Gasteiger partial charge in [0, 0.05) is 11.3 Å². The zero-order valence-electron chi connectivity index (χ0n) is 21.5. The van der Waals surface area contributed by atoms with Crippen LogP contribution in [0.5, 0.6) is 0 Å². The van der Waals surface area contributed by atoms with Gasteiger partial charge in [-0.1, -0.05) is 60.3 Å². The molecule has 0 spiro atoms. The van der Waals surface area contributed by atoms with E-state index >= 15 is 0 Å². The number of carbonyl (C=O) groups excluding carboxylic acids is 2. The first-order valence-corrected chi connectivity index (χ1v) is 13.3. The molecule has 2 rings (SSSR count). The van der Waals surface area contributed by atoms with Gasteiger partial charge in [-0.2, -0.15) is 0 Å². The Labute approximate surface area is 204 Å². The van der Waals surface area contributed by atoms with Crippen LogP contribution in [0.25, 0.3) is 6.08 Å². The standard InChI is InChI=1S/C27H43NO4S/c1-17-12-10-8-9-11-13-23(18(2)14-22-16-33-21(5)28-22)32-25(30)15-24(29)27(6,7)26(31)20(4)19(17)3/h14,16-17,19-20,23-24,29H,8-13,15H2,1-7H3/b18-14+/t17-,19-,20+,23?,24-/m0/s1. The molecule has 1 aromatic rings. The molecule has 1 aliphatic rings. The summed E-state index contributed by atoms with van der Waals surface area (Å²) in [7, 11) is 0. The molecule has 0 aromatic carbocycles. The van der Waals surface area contributed by atoms with Gasteiger partial charge in [-0.15, -0.1) is 11.3 Å². The molecular formula is C27H43NO4S. The Kier molecular flexibility index (Phi) is 10.3. The monoisotopic (exact) mass is 477 g/mol. The molecule has 0 radical (unpaired) electrons. The van der Waals surface area contributed by atoms with Crippen LogP contribution in [0, 0.1) is 30.1 Å². The predicted octanol–water partition coefficient (Wildman–Crippen LogP) is 6.38. The smallest absolute Gasteiger partial charge is 0.309 e. The van der Waals surface area contributed by atoms with Gasteiger partial charge in [0.2, 0.25) is 0 Å². The number of aromatic nitrogens is 1. The molecule has 0 saturated carbocycles. The van der Waals surface area contributed by atoms with E-state index < -0.39 is 17.5 Å². The number of thiazole rings is 1. The minimum Gasteiger partial charge on any atom is -0.458 e. The van der Waals surface area contributed by atoms with Crippen LogP contribution in [0.1, 0.15) is 97.2 Å². The zero-order chi connectivity index (χ0) is 24.8. The highest BCUT2D eigenvalue weighted by atomic mass is 32.1. The number of hydrogen-bond acceptors (Lipinski definition) is 6. The lowest BCUT2D eigenvalue weighted by molar-refractivity contribution is -0.154. The third-order valence-electron chi connectivity index (χ3n) is 7.60. The second kappa shape index (κ2) is 12.3. The maximum atomic E-state index is 13.3. The molecule has 6 heteroatoms. The van der Waals surface area contributed by atoms with Gasteiger partial charge in [0.25, 0.3) is 0 Å².